The van der Waals surface area contributed by atoms with Crippen LogP contribution in [0, 0.1) is 0 Å². The van der Waals surface area contributed by atoms with Crippen molar-refractivity contribution in [3.8, 4) is 0 Å². The minimum atomic E-state index is -0.231. The standard InChI is InChI=1S/C28H37N3O2/c1-21(2)19-29-14-16-30(17-15-29)25-10-11-26-22(3)12-13-31(23(4)27(26)18-25)28(32)33-20-24-8-6-5-7-9-24/h5-11,18,22-23H,1,12-17,19-20H2,2-4H3/t22-,23-/m0/s1. The van der Waals surface area contributed by atoms with Gasteiger partial charge in [-0.25, -0.2) is 4.79 Å². The maximum absolute atomic E-state index is 13.0. The molecule has 5 heteroatoms. The molecule has 0 radical (unpaired) electrons. The van der Waals surface area contributed by atoms with E-state index >= 15 is 0 Å². The van der Waals surface area contributed by atoms with Gasteiger partial charge in [-0.3, -0.25) is 4.90 Å². The highest BCUT2D eigenvalue weighted by Crippen LogP contribution is 2.37. The van der Waals surface area contributed by atoms with Gasteiger partial charge in [-0.05, 0) is 55.0 Å². The number of hydrogen-bond donors (Lipinski definition) is 0. The largest absolute Gasteiger partial charge is 0.445 e. The van der Waals surface area contributed by atoms with Crippen molar-refractivity contribution in [2.75, 3.05) is 44.2 Å². The second kappa shape index (κ2) is 10.4. The third kappa shape index (κ3) is 5.59. The highest BCUT2D eigenvalue weighted by Gasteiger charge is 2.30. The zero-order valence-electron chi connectivity index (χ0n) is 20.3. The van der Waals surface area contributed by atoms with E-state index in [0.29, 0.717) is 19.1 Å². The lowest BCUT2D eigenvalue weighted by Gasteiger charge is -2.37. The Morgan fingerprint density at radius 2 is 1.73 bits per heavy atom. The van der Waals surface area contributed by atoms with Gasteiger partial charge in [0.25, 0.3) is 0 Å². The van der Waals surface area contributed by atoms with Gasteiger partial charge in [0, 0.05) is 45.0 Å². The molecule has 33 heavy (non-hydrogen) atoms. The van der Waals surface area contributed by atoms with Crippen LogP contribution in [-0.4, -0.2) is 55.2 Å². The van der Waals surface area contributed by atoms with Crippen molar-refractivity contribution in [2.24, 2.45) is 0 Å². The molecule has 0 aliphatic carbocycles. The van der Waals surface area contributed by atoms with Gasteiger partial charge < -0.3 is 14.5 Å². The fourth-order valence-electron chi connectivity index (χ4n) is 5.02. The van der Waals surface area contributed by atoms with Crippen LogP contribution in [0.2, 0.25) is 0 Å². The molecule has 176 valence electrons. The molecule has 5 nitrogen and oxygen atoms in total. The molecule has 1 amide bonds. The van der Waals surface area contributed by atoms with Crippen molar-refractivity contribution < 1.29 is 9.53 Å². The van der Waals surface area contributed by atoms with Crippen molar-refractivity contribution in [3.63, 3.8) is 0 Å². The van der Waals surface area contributed by atoms with Crippen molar-refractivity contribution in [1.29, 1.82) is 0 Å². The molecule has 0 spiro atoms. The number of benzene rings is 2. The van der Waals surface area contributed by atoms with Crippen LogP contribution < -0.4 is 4.90 Å². The number of carbonyl (C=O) groups is 1. The SMILES string of the molecule is C=C(C)CN1CCN(c2ccc3c(c2)[C@H](C)N(C(=O)OCc2ccccc2)CC[C@@H]3C)CC1. The summed E-state index contributed by atoms with van der Waals surface area (Å²) in [5.74, 6) is 0.413. The van der Waals surface area contributed by atoms with Crippen LogP contribution in [0.1, 0.15) is 55.8 Å². The Hall–Kier alpha value is -2.79. The Kier molecular flexibility index (Phi) is 7.39. The van der Waals surface area contributed by atoms with Gasteiger partial charge in [0.15, 0.2) is 0 Å². The molecule has 2 atom stereocenters. The quantitative estimate of drug-likeness (QED) is 0.560. The van der Waals surface area contributed by atoms with Gasteiger partial charge in [-0.2, -0.15) is 0 Å². The fourth-order valence-corrected chi connectivity index (χ4v) is 5.02. The Morgan fingerprint density at radius 3 is 2.42 bits per heavy atom. The number of amides is 1. The number of anilines is 1. The zero-order valence-corrected chi connectivity index (χ0v) is 20.3. The van der Waals surface area contributed by atoms with E-state index in [1.807, 2.05) is 35.2 Å². The van der Waals surface area contributed by atoms with E-state index in [9.17, 15) is 4.79 Å². The summed E-state index contributed by atoms with van der Waals surface area (Å²) in [5.41, 5.74) is 6.08. The molecule has 0 N–H and O–H groups in total. The fraction of sp³-hybridized carbons (Fsp3) is 0.464. The highest BCUT2D eigenvalue weighted by molar-refractivity contribution is 5.69. The summed E-state index contributed by atoms with van der Waals surface area (Å²) in [5, 5.41) is 0. The second-order valence-electron chi connectivity index (χ2n) is 9.63. The van der Waals surface area contributed by atoms with E-state index in [2.05, 4.69) is 55.3 Å². The maximum atomic E-state index is 13.0. The summed E-state index contributed by atoms with van der Waals surface area (Å²) >= 11 is 0. The first-order valence-electron chi connectivity index (χ1n) is 12.1. The van der Waals surface area contributed by atoms with Crippen LogP contribution in [-0.2, 0) is 11.3 Å². The third-order valence-electron chi connectivity index (χ3n) is 6.99. The first kappa shape index (κ1) is 23.4. The van der Waals surface area contributed by atoms with Crippen molar-refractivity contribution in [2.45, 2.75) is 45.8 Å². The van der Waals surface area contributed by atoms with Crippen LogP contribution in [0.3, 0.4) is 0 Å². The highest BCUT2D eigenvalue weighted by atomic mass is 16.6. The summed E-state index contributed by atoms with van der Waals surface area (Å²) < 4.78 is 5.70. The topological polar surface area (TPSA) is 36.0 Å². The molecule has 2 heterocycles. The lowest BCUT2D eigenvalue weighted by molar-refractivity contribution is 0.0834. The summed E-state index contributed by atoms with van der Waals surface area (Å²) in [6.45, 7) is 16.7. The van der Waals surface area contributed by atoms with Crippen LogP contribution in [0.15, 0.2) is 60.7 Å². The normalized spacial score (nSPS) is 21.3. The Bertz CT molecular complexity index is 966. The summed E-state index contributed by atoms with van der Waals surface area (Å²) in [6.07, 6.45) is 0.710. The van der Waals surface area contributed by atoms with Crippen LogP contribution in [0.4, 0.5) is 10.5 Å². The predicted octanol–water partition coefficient (Wildman–Crippen LogP) is 5.59. The van der Waals surface area contributed by atoms with Crippen molar-refractivity contribution >= 4 is 11.8 Å². The molecule has 0 unspecified atom stereocenters. The molecular formula is C28H37N3O2. The Balaban J connectivity index is 1.48. The lowest BCUT2D eigenvalue weighted by atomic mass is 9.91. The molecule has 2 aromatic carbocycles. The second-order valence-corrected chi connectivity index (χ2v) is 9.63. The van der Waals surface area contributed by atoms with Gasteiger partial charge in [0.2, 0.25) is 0 Å². The number of piperazine rings is 1. The number of carbonyl (C=O) groups excluding carboxylic acids is 1. The van der Waals surface area contributed by atoms with E-state index in [4.69, 9.17) is 4.74 Å². The predicted molar refractivity (Wildman–Crippen MR) is 135 cm³/mol. The van der Waals surface area contributed by atoms with Gasteiger partial charge in [-0.1, -0.05) is 55.5 Å². The molecule has 0 saturated carbocycles. The minimum Gasteiger partial charge on any atom is -0.445 e. The summed E-state index contributed by atoms with van der Waals surface area (Å²) in [6, 6.07) is 16.7. The zero-order chi connectivity index (χ0) is 23.4. The van der Waals surface area contributed by atoms with E-state index in [0.717, 1.165) is 44.7 Å². The molecule has 4 rings (SSSR count). The Labute approximate surface area is 198 Å². The van der Waals surface area contributed by atoms with Crippen molar-refractivity contribution in [3.05, 3.63) is 77.4 Å². The lowest BCUT2D eigenvalue weighted by Crippen LogP contribution is -2.46. The molecule has 1 fully saturated rings. The van der Waals surface area contributed by atoms with Crippen LogP contribution in [0.5, 0.6) is 0 Å². The molecule has 2 aliphatic rings. The molecule has 1 saturated heterocycles. The van der Waals surface area contributed by atoms with Gasteiger partial charge in [0.1, 0.15) is 6.61 Å². The van der Waals surface area contributed by atoms with Crippen LogP contribution in [0.25, 0.3) is 0 Å². The monoisotopic (exact) mass is 447 g/mol. The smallest absolute Gasteiger partial charge is 0.410 e. The molecule has 0 aromatic heterocycles. The molecule has 0 bridgehead atoms. The maximum Gasteiger partial charge on any atom is 0.410 e. The summed E-state index contributed by atoms with van der Waals surface area (Å²) in [7, 11) is 0. The van der Waals surface area contributed by atoms with E-state index in [1.165, 1.54) is 22.4 Å². The third-order valence-corrected chi connectivity index (χ3v) is 6.99. The number of rotatable bonds is 5. The number of fused-ring (bicyclic) bond motifs is 1. The average Bonchev–Trinajstić information content (AvgIpc) is 2.94. The number of ether oxygens (including phenoxy) is 1. The van der Waals surface area contributed by atoms with E-state index in [1.54, 1.807) is 0 Å². The van der Waals surface area contributed by atoms with Gasteiger partial charge >= 0.3 is 6.09 Å². The number of nitrogens with zero attached hydrogens (tertiary/aromatic N) is 3. The average molecular weight is 448 g/mol. The Morgan fingerprint density at radius 1 is 1.00 bits per heavy atom. The minimum absolute atomic E-state index is 0.0159. The number of hydrogen-bond acceptors (Lipinski definition) is 4. The van der Waals surface area contributed by atoms with E-state index < -0.39 is 0 Å². The first-order valence-corrected chi connectivity index (χ1v) is 12.1. The van der Waals surface area contributed by atoms with Crippen LogP contribution >= 0.6 is 0 Å². The molecular weight excluding hydrogens is 410 g/mol. The first-order chi connectivity index (χ1) is 15.9. The van der Waals surface area contributed by atoms with E-state index in [-0.39, 0.29) is 12.1 Å². The molecule has 2 aromatic rings. The van der Waals surface area contributed by atoms with Crippen molar-refractivity contribution in [1.82, 2.24) is 9.80 Å². The molecule has 2 aliphatic heterocycles. The summed E-state index contributed by atoms with van der Waals surface area (Å²) in [4.78, 5) is 19.9. The van der Waals surface area contributed by atoms with Gasteiger partial charge in [0.05, 0.1) is 6.04 Å². The van der Waals surface area contributed by atoms with Gasteiger partial charge in [-0.15, -0.1) is 0 Å².